The van der Waals surface area contributed by atoms with E-state index in [0.29, 0.717) is 6.54 Å². The highest BCUT2D eigenvalue weighted by Gasteiger charge is 2.06. The number of para-hydroxylation sites is 1. The van der Waals surface area contributed by atoms with Gasteiger partial charge in [0, 0.05) is 31.7 Å². The minimum absolute atomic E-state index is 0.690. The van der Waals surface area contributed by atoms with Crippen LogP contribution < -0.4 is 10.6 Å². The van der Waals surface area contributed by atoms with Gasteiger partial charge < -0.3 is 10.6 Å². The second-order valence-electron chi connectivity index (χ2n) is 4.69. The van der Waals surface area contributed by atoms with Crippen LogP contribution in [0.1, 0.15) is 11.1 Å². The van der Waals surface area contributed by atoms with E-state index in [2.05, 4.69) is 53.3 Å². The molecule has 0 unspecified atom stereocenters. The standard InChI is InChI=1S/C16H21N3/c1-19(13-9-14-7-11-18-12-8-14)16-5-3-2-4-15(16)6-10-17/h2-5,7-8,11-12H,6,9-10,13,17H2,1H3. The lowest BCUT2D eigenvalue weighted by molar-refractivity contribution is 0.859. The minimum Gasteiger partial charge on any atom is -0.374 e. The summed E-state index contributed by atoms with van der Waals surface area (Å²) in [5.74, 6) is 0. The highest BCUT2D eigenvalue weighted by Crippen LogP contribution is 2.19. The summed E-state index contributed by atoms with van der Waals surface area (Å²) in [5, 5.41) is 0. The van der Waals surface area contributed by atoms with E-state index in [9.17, 15) is 0 Å². The molecule has 0 aliphatic rings. The molecule has 0 amide bonds. The molecule has 0 radical (unpaired) electrons. The molecule has 100 valence electrons. The molecule has 1 heterocycles. The third kappa shape index (κ3) is 3.80. The Balaban J connectivity index is 2.01. The molecule has 0 aliphatic carbocycles. The van der Waals surface area contributed by atoms with Gasteiger partial charge in [-0.25, -0.2) is 0 Å². The summed E-state index contributed by atoms with van der Waals surface area (Å²) >= 11 is 0. The smallest absolute Gasteiger partial charge is 0.0396 e. The van der Waals surface area contributed by atoms with Gasteiger partial charge in [0.2, 0.25) is 0 Å². The summed E-state index contributed by atoms with van der Waals surface area (Å²) in [6.45, 7) is 1.68. The van der Waals surface area contributed by atoms with E-state index in [1.807, 2.05) is 12.4 Å². The summed E-state index contributed by atoms with van der Waals surface area (Å²) in [7, 11) is 2.14. The van der Waals surface area contributed by atoms with E-state index in [0.717, 1.165) is 19.4 Å². The molecule has 0 spiro atoms. The van der Waals surface area contributed by atoms with Crippen LogP contribution in [-0.2, 0) is 12.8 Å². The summed E-state index contributed by atoms with van der Waals surface area (Å²) in [5.41, 5.74) is 9.59. The van der Waals surface area contributed by atoms with Crippen LogP contribution in [0.3, 0.4) is 0 Å². The first-order valence-corrected chi connectivity index (χ1v) is 6.69. The van der Waals surface area contributed by atoms with Crippen molar-refractivity contribution in [2.24, 2.45) is 5.73 Å². The third-order valence-electron chi connectivity index (χ3n) is 3.30. The van der Waals surface area contributed by atoms with Crippen LogP contribution in [0, 0.1) is 0 Å². The second-order valence-corrected chi connectivity index (χ2v) is 4.69. The lowest BCUT2D eigenvalue weighted by Gasteiger charge is -2.22. The zero-order valence-corrected chi connectivity index (χ0v) is 11.4. The van der Waals surface area contributed by atoms with Crippen LogP contribution >= 0.6 is 0 Å². The van der Waals surface area contributed by atoms with Crippen molar-refractivity contribution >= 4 is 5.69 Å². The third-order valence-corrected chi connectivity index (χ3v) is 3.30. The minimum atomic E-state index is 0.690. The number of rotatable bonds is 6. The van der Waals surface area contributed by atoms with Crippen molar-refractivity contribution in [3.63, 3.8) is 0 Å². The van der Waals surface area contributed by atoms with Crippen LogP contribution in [-0.4, -0.2) is 25.1 Å². The van der Waals surface area contributed by atoms with E-state index in [1.54, 1.807) is 0 Å². The maximum absolute atomic E-state index is 5.67. The van der Waals surface area contributed by atoms with Gasteiger partial charge in [-0.1, -0.05) is 18.2 Å². The Morgan fingerprint density at radius 3 is 2.53 bits per heavy atom. The van der Waals surface area contributed by atoms with Gasteiger partial charge in [-0.2, -0.15) is 0 Å². The van der Waals surface area contributed by atoms with Crippen molar-refractivity contribution in [2.75, 3.05) is 25.0 Å². The molecule has 0 atom stereocenters. The van der Waals surface area contributed by atoms with Gasteiger partial charge in [-0.3, -0.25) is 4.98 Å². The molecule has 2 rings (SSSR count). The van der Waals surface area contributed by atoms with Gasteiger partial charge in [0.1, 0.15) is 0 Å². The molecular formula is C16H21N3. The van der Waals surface area contributed by atoms with E-state index < -0.39 is 0 Å². The number of anilines is 1. The number of benzene rings is 1. The molecule has 2 N–H and O–H groups in total. The molecule has 2 aromatic rings. The van der Waals surface area contributed by atoms with Crippen LogP contribution in [0.2, 0.25) is 0 Å². The van der Waals surface area contributed by atoms with Crippen LogP contribution in [0.25, 0.3) is 0 Å². The van der Waals surface area contributed by atoms with Crippen molar-refractivity contribution in [1.82, 2.24) is 4.98 Å². The van der Waals surface area contributed by atoms with Crippen LogP contribution in [0.4, 0.5) is 5.69 Å². The van der Waals surface area contributed by atoms with Crippen molar-refractivity contribution in [3.8, 4) is 0 Å². The van der Waals surface area contributed by atoms with Gasteiger partial charge in [0.15, 0.2) is 0 Å². The number of hydrogen-bond donors (Lipinski definition) is 1. The van der Waals surface area contributed by atoms with E-state index in [1.165, 1.54) is 16.8 Å². The number of nitrogens with two attached hydrogens (primary N) is 1. The molecule has 1 aromatic heterocycles. The molecule has 1 aromatic carbocycles. The number of likely N-dealkylation sites (N-methyl/N-ethyl adjacent to an activating group) is 1. The molecule has 19 heavy (non-hydrogen) atoms. The zero-order chi connectivity index (χ0) is 13.5. The topological polar surface area (TPSA) is 42.2 Å². The van der Waals surface area contributed by atoms with Crippen molar-refractivity contribution in [3.05, 3.63) is 59.9 Å². The molecule has 0 saturated carbocycles. The fourth-order valence-electron chi connectivity index (χ4n) is 2.22. The molecule has 3 nitrogen and oxygen atoms in total. The van der Waals surface area contributed by atoms with Crippen molar-refractivity contribution in [1.29, 1.82) is 0 Å². The Morgan fingerprint density at radius 2 is 1.79 bits per heavy atom. The molecule has 0 bridgehead atoms. The highest BCUT2D eigenvalue weighted by molar-refractivity contribution is 5.53. The normalized spacial score (nSPS) is 10.4. The number of nitrogens with zero attached hydrogens (tertiary/aromatic N) is 2. The molecule has 0 aliphatic heterocycles. The Morgan fingerprint density at radius 1 is 1.05 bits per heavy atom. The summed E-state index contributed by atoms with van der Waals surface area (Å²) in [4.78, 5) is 6.34. The fourth-order valence-corrected chi connectivity index (χ4v) is 2.22. The highest BCUT2D eigenvalue weighted by atomic mass is 15.1. The van der Waals surface area contributed by atoms with E-state index >= 15 is 0 Å². The first-order valence-electron chi connectivity index (χ1n) is 6.69. The first kappa shape index (κ1) is 13.6. The molecule has 3 heteroatoms. The number of pyridine rings is 1. The van der Waals surface area contributed by atoms with Gasteiger partial charge in [-0.05, 0) is 48.7 Å². The van der Waals surface area contributed by atoms with Crippen LogP contribution in [0.5, 0.6) is 0 Å². The maximum atomic E-state index is 5.67. The quantitative estimate of drug-likeness (QED) is 0.861. The summed E-state index contributed by atoms with van der Waals surface area (Å²) < 4.78 is 0. The number of hydrogen-bond acceptors (Lipinski definition) is 3. The second kappa shape index (κ2) is 6.90. The monoisotopic (exact) mass is 255 g/mol. The predicted molar refractivity (Wildman–Crippen MR) is 80.4 cm³/mol. The van der Waals surface area contributed by atoms with Gasteiger partial charge in [-0.15, -0.1) is 0 Å². The average Bonchev–Trinajstić information content (AvgIpc) is 2.47. The Labute approximate surface area is 115 Å². The Bertz CT molecular complexity index is 496. The Kier molecular flexibility index (Phi) is 4.93. The SMILES string of the molecule is CN(CCc1ccncc1)c1ccccc1CCN. The maximum Gasteiger partial charge on any atom is 0.0396 e. The van der Waals surface area contributed by atoms with Crippen molar-refractivity contribution < 1.29 is 0 Å². The van der Waals surface area contributed by atoms with Crippen molar-refractivity contribution in [2.45, 2.75) is 12.8 Å². The molecule has 0 fully saturated rings. The summed E-state index contributed by atoms with van der Waals surface area (Å²) in [6.07, 6.45) is 5.64. The lowest BCUT2D eigenvalue weighted by atomic mass is 10.1. The largest absolute Gasteiger partial charge is 0.374 e. The predicted octanol–water partition coefficient (Wildman–Crippen LogP) is 2.26. The average molecular weight is 255 g/mol. The molecular weight excluding hydrogens is 234 g/mol. The summed E-state index contributed by atoms with van der Waals surface area (Å²) in [6, 6.07) is 12.6. The van der Waals surface area contributed by atoms with Gasteiger partial charge >= 0.3 is 0 Å². The van der Waals surface area contributed by atoms with Gasteiger partial charge in [0.05, 0.1) is 0 Å². The van der Waals surface area contributed by atoms with E-state index in [-0.39, 0.29) is 0 Å². The van der Waals surface area contributed by atoms with E-state index in [4.69, 9.17) is 5.73 Å². The molecule has 0 saturated heterocycles. The Hall–Kier alpha value is -1.87. The zero-order valence-electron chi connectivity index (χ0n) is 11.4. The lowest BCUT2D eigenvalue weighted by Crippen LogP contribution is -2.22. The number of aromatic nitrogens is 1. The first-order chi connectivity index (χ1) is 9.31. The van der Waals surface area contributed by atoms with Gasteiger partial charge in [0.25, 0.3) is 0 Å². The van der Waals surface area contributed by atoms with Crippen LogP contribution in [0.15, 0.2) is 48.8 Å². The fraction of sp³-hybridized carbons (Fsp3) is 0.312.